The highest BCUT2D eigenvalue weighted by molar-refractivity contribution is 5.96. The largest absolute Gasteiger partial charge is 0.362 e. The van der Waals surface area contributed by atoms with Gasteiger partial charge in [-0.15, -0.1) is 0 Å². The summed E-state index contributed by atoms with van der Waals surface area (Å²) in [5.74, 6) is -0.221. The SMILES string of the molecule is CC(C)C(=O)N1CCN(c2ccc(C(=O)NC3CC3)cc2[N+](=O)[O-])CC1. The molecule has 8 heteroatoms. The fraction of sp³-hybridized carbons (Fsp3) is 0.556. The van der Waals surface area contributed by atoms with Crippen molar-refractivity contribution < 1.29 is 14.5 Å². The number of nitrogens with zero attached hydrogens (tertiary/aromatic N) is 3. The van der Waals surface area contributed by atoms with E-state index in [1.54, 1.807) is 17.0 Å². The van der Waals surface area contributed by atoms with Crippen molar-refractivity contribution in [2.45, 2.75) is 32.7 Å². The first-order chi connectivity index (χ1) is 12.4. The van der Waals surface area contributed by atoms with Crippen LogP contribution in [-0.2, 0) is 4.79 Å². The first-order valence-corrected chi connectivity index (χ1v) is 9.00. The minimum atomic E-state index is -0.450. The van der Waals surface area contributed by atoms with E-state index in [1.165, 1.54) is 6.07 Å². The van der Waals surface area contributed by atoms with Crippen LogP contribution in [0.5, 0.6) is 0 Å². The molecule has 140 valence electrons. The summed E-state index contributed by atoms with van der Waals surface area (Å²) in [7, 11) is 0. The van der Waals surface area contributed by atoms with Crippen LogP contribution in [0.25, 0.3) is 0 Å². The minimum Gasteiger partial charge on any atom is -0.362 e. The highest BCUT2D eigenvalue weighted by Crippen LogP contribution is 2.30. The molecule has 1 aliphatic carbocycles. The summed E-state index contributed by atoms with van der Waals surface area (Å²) in [6.07, 6.45) is 1.93. The van der Waals surface area contributed by atoms with Gasteiger partial charge in [0.2, 0.25) is 5.91 Å². The van der Waals surface area contributed by atoms with Crippen molar-refractivity contribution in [1.82, 2.24) is 10.2 Å². The van der Waals surface area contributed by atoms with Crippen molar-refractivity contribution in [1.29, 1.82) is 0 Å². The van der Waals surface area contributed by atoms with Crippen LogP contribution >= 0.6 is 0 Å². The number of benzene rings is 1. The first kappa shape index (κ1) is 18.2. The Bertz CT molecular complexity index is 722. The predicted octanol–water partition coefficient (Wildman–Crippen LogP) is 1.79. The van der Waals surface area contributed by atoms with Gasteiger partial charge in [-0.25, -0.2) is 0 Å². The maximum absolute atomic E-state index is 12.1. The molecule has 0 atom stereocenters. The Morgan fingerprint density at radius 3 is 2.38 bits per heavy atom. The molecule has 0 bridgehead atoms. The number of amides is 2. The quantitative estimate of drug-likeness (QED) is 0.638. The minimum absolute atomic E-state index is 0.0554. The molecule has 8 nitrogen and oxygen atoms in total. The van der Waals surface area contributed by atoms with Crippen molar-refractivity contribution in [2.75, 3.05) is 31.1 Å². The molecule has 1 saturated carbocycles. The average molecular weight is 360 g/mol. The van der Waals surface area contributed by atoms with Gasteiger partial charge in [0.05, 0.1) is 4.92 Å². The predicted molar refractivity (Wildman–Crippen MR) is 97.2 cm³/mol. The number of hydrogen-bond donors (Lipinski definition) is 1. The standard InChI is InChI=1S/C18H24N4O4/c1-12(2)18(24)21-9-7-20(8-10-21)15-6-3-13(11-16(15)22(25)26)17(23)19-14-4-5-14/h3,6,11-12,14H,4-5,7-10H2,1-2H3,(H,19,23). The Morgan fingerprint density at radius 1 is 1.19 bits per heavy atom. The van der Waals surface area contributed by atoms with Gasteiger partial charge in [0.1, 0.15) is 5.69 Å². The van der Waals surface area contributed by atoms with Crippen LogP contribution in [0.3, 0.4) is 0 Å². The molecule has 0 spiro atoms. The van der Waals surface area contributed by atoms with Crippen LogP contribution in [0.4, 0.5) is 11.4 Å². The molecular formula is C18H24N4O4. The van der Waals surface area contributed by atoms with Crippen molar-refractivity contribution >= 4 is 23.2 Å². The lowest BCUT2D eigenvalue weighted by molar-refractivity contribution is -0.384. The van der Waals surface area contributed by atoms with Crippen LogP contribution in [0.2, 0.25) is 0 Å². The fourth-order valence-corrected chi connectivity index (χ4v) is 3.11. The Kier molecular flexibility index (Phi) is 5.11. The molecule has 1 N–H and O–H groups in total. The Hall–Kier alpha value is -2.64. The second-order valence-electron chi connectivity index (χ2n) is 7.18. The number of carbonyl (C=O) groups excluding carboxylic acids is 2. The van der Waals surface area contributed by atoms with E-state index in [0.717, 1.165) is 12.8 Å². The summed E-state index contributed by atoms with van der Waals surface area (Å²) in [6.45, 7) is 5.88. The van der Waals surface area contributed by atoms with Crippen molar-refractivity contribution in [3.63, 3.8) is 0 Å². The van der Waals surface area contributed by atoms with Gasteiger partial charge in [-0.05, 0) is 25.0 Å². The van der Waals surface area contributed by atoms with E-state index < -0.39 is 4.92 Å². The summed E-state index contributed by atoms with van der Waals surface area (Å²) in [4.78, 5) is 39.0. The topological polar surface area (TPSA) is 95.8 Å². The van der Waals surface area contributed by atoms with Crippen LogP contribution < -0.4 is 10.2 Å². The summed E-state index contributed by atoms with van der Waals surface area (Å²) in [5.41, 5.74) is 0.729. The van der Waals surface area contributed by atoms with Gasteiger partial charge < -0.3 is 15.1 Å². The van der Waals surface area contributed by atoms with E-state index >= 15 is 0 Å². The maximum atomic E-state index is 12.1. The molecule has 1 saturated heterocycles. The average Bonchev–Trinajstić information content (AvgIpc) is 3.44. The second kappa shape index (κ2) is 7.31. The summed E-state index contributed by atoms with van der Waals surface area (Å²) >= 11 is 0. The Balaban J connectivity index is 1.74. The van der Waals surface area contributed by atoms with Crippen LogP contribution in [-0.4, -0.2) is 53.9 Å². The van der Waals surface area contributed by atoms with Crippen molar-refractivity contribution in [2.24, 2.45) is 5.92 Å². The number of hydrogen-bond acceptors (Lipinski definition) is 5. The number of carbonyl (C=O) groups is 2. The van der Waals surface area contributed by atoms with Gasteiger partial charge in [-0.3, -0.25) is 19.7 Å². The molecular weight excluding hydrogens is 336 g/mol. The summed E-state index contributed by atoms with van der Waals surface area (Å²) < 4.78 is 0. The molecule has 1 aromatic carbocycles. The lowest BCUT2D eigenvalue weighted by atomic mass is 10.1. The van der Waals surface area contributed by atoms with E-state index in [1.807, 2.05) is 18.7 Å². The first-order valence-electron chi connectivity index (χ1n) is 9.00. The molecule has 1 aliphatic heterocycles. The van der Waals surface area contributed by atoms with Gasteiger partial charge in [0, 0.05) is 49.8 Å². The smallest absolute Gasteiger partial charge is 0.293 e. The third kappa shape index (κ3) is 3.95. The van der Waals surface area contributed by atoms with Crippen LogP contribution in [0.15, 0.2) is 18.2 Å². The fourth-order valence-electron chi connectivity index (χ4n) is 3.11. The molecule has 3 rings (SSSR count). The normalized spacial score (nSPS) is 17.3. The lowest BCUT2D eigenvalue weighted by Crippen LogP contribution is -2.50. The monoisotopic (exact) mass is 360 g/mol. The third-order valence-electron chi connectivity index (χ3n) is 4.77. The van der Waals surface area contributed by atoms with Crippen molar-refractivity contribution in [3.8, 4) is 0 Å². The van der Waals surface area contributed by atoms with Gasteiger partial charge in [-0.2, -0.15) is 0 Å². The van der Waals surface area contributed by atoms with Crippen LogP contribution in [0, 0.1) is 16.0 Å². The number of piperazine rings is 1. The highest BCUT2D eigenvalue weighted by atomic mass is 16.6. The molecule has 2 amide bonds. The van der Waals surface area contributed by atoms with Gasteiger partial charge in [-0.1, -0.05) is 13.8 Å². The van der Waals surface area contributed by atoms with E-state index in [0.29, 0.717) is 37.4 Å². The van der Waals surface area contributed by atoms with Crippen molar-refractivity contribution in [3.05, 3.63) is 33.9 Å². The number of anilines is 1. The molecule has 26 heavy (non-hydrogen) atoms. The molecule has 2 fully saturated rings. The van der Waals surface area contributed by atoms with Crippen LogP contribution in [0.1, 0.15) is 37.0 Å². The maximum Gasteiger partial charge on any atom is 0.293 e. The number of rotatable bonds is 5. The zero-order valence-corrected chi connectivity index (χ0v) is 15.1. The number of nitro groups is 1. The Morgan fingerprint density at radius 2 is 1.85 bits per heavy atom. The van der Waals surface area contributed by atoms with Gasteiger partial charge in [0.25, 0.3) is 11.6 Å². The molecule has 1 heterocycles. The van der Waals surface area contributed by atoms with Gasteiger partial charge in [0.15, 0.2) is 0 Å². The zero-order chi connectivity index (χ0) is 18.8. The molecule has 1 aromatic rings. The Labute approximate surface area is 152 Å². The highest BCUT2D eigenvalue weighted by Gasteiger charge is 2.29. The summed E-state index contributed by atoms with van der Waals surface area (Å²) in [6, 6.07) is 4.82. The molecule has 0 radical (unpaired) electrons. The second-order valence-corrected chi connectivity index (χ2v) is 7.18. The number of nitro benzene ring substituents is 1. The summed E-state index contributed by atoms with van der Waals surface area (Å²) in [5, 5.41) is 14.4. The lowest BCUT2D eigenvalue weighted by Gasteiger charge is -2.36. The molecule has 2 aliphatic rings. The van der Waals surface area contributed by atoms with E-state index in [4.69, 9.17) is 0 Å². The number of nitrogens with one attached hydrogen (secondary N) is 1. The van der Waals surface area contributed by atoms with E-state index in [2.05, 4.69) is 5.32 Å². The molecule has 0 aromatic heterocycles. The van der Waals surface area contributed by atoms with E-state index in [9.17, 15) is 19.7 Å². The zero-order valence-electron chi connectivity index (χ0n) is 15.1. The van der Waals surface area contributed by atoms with Gasteiger partial charge >= 0.3 is 0 Å². The molecule has 0 unspecified atom stereocenters. The third-order valence-corrected chi connectivity index (χ3v) is 4.77. The van der Waals surface area contributed by atoms with E-state index in [-0.39, 0.29) is 29.5 Å².